The molecule has 3 aliphatic rings. The van der Waals surface area contributed by atoms with Crippen molar-refractivity contribution in [3.05, 3.63) is 53.5 Å². The third-order valence-corrected chi connectivity index (χ3v) is 8.16. The van der Waals surface area contributed by atoms with Gasteiger partial charge in [-0.05, 0) is 61.8 Å². The largest absolute Gasteiger partial charge is 0.379 e. The zero-order valence-electron chi connectivity index (χ0n) is 20.9. The Morgan fingerprint density at radius 1 is 1.17 bits per heavy atom. The number of benzene rings is 1. The van der Waals surface area contributed by atoms with Gasteiger partial charge in [-0.25, -0.2) is 9.97 Å². The van der Waals surface area contributed by atoms with Crippen LogP contribution in [0.15, 0.2) is 36.5 Å². The van der Waals surface area contributed by atoms with Crippen LogP contribution >= 0.6 is 0 Å². The summed E-state index contributed by atoms with van der Waals surface area (Å²) >= 11 is 0. The van der Waals surface area contributed by atoms with Crippen molar-refractivity contribution in [3.63, 3.8) is 0 Å². The predicted octanol–water partition coefficient (Wildman–Crippen LogP) is 3.92. The molecule has 2 heterocycles. The number of carbonyl (C=O) groups is 1. The second-order valence-electron chi connectivity index (χ2n) is 10.6. The summed E-state index contributed by atoms with van der Waals surface area (Å²) in [5.74, 6) is 0.865. The molecule has 36 heavy (non-hydrogen) atoms. The summed E-state index contributed by atoms with van der Waals surface area (Å²) < 4.78 is 5.47. The fraction of sp³-hybridized carbons (Fsp3) is 0.571. The van der Waals surface area contributed by atoms with Crippen molar-refractivity contribution < 1.29 is 9.53 Å². The molecule has 2 aliphatic carbocycles. The molecule has 1 aliphatic heterocycles. The fourth-order valence-electron chi connectivity index (χ4n) is 5.53. The molecule has 2 N–H and O–H groups in total. The quantitative estimate of drug-likeness (QED) is 0.551. The van der Waals surface area contributed by atoms with Crippen LogP contribution in [-0.4, -0.2) is 60.2 Å². The maximum atomic E-state index is 13.5. The van der Waals surface area contributed by atoms with Crippen molar-refractivity contribution in [1.29, 1.82) is 5.26 Å². The molecular weight excluding hydrogens is 452 g/mol. The summed E-state index contributed by atoms with van der Waals surface area (Å²) in [4.78, 5) is 24.3. The molecule has 0 bridgehead atoms. The third kappa shape index (κ3) is 6.21. The number of nitriles is 1. The molecule has 2 aromatic rings. The molecular formula is C28H36N6O2. The average molecular weight is 489 g/mol. The van der Waals surface area contributed by atoms with Gasteiger partial charge in [0.2, 0.25) is 5.82 Å². The van der Waals surface area contributed by atoms with Gasteiger partial charge < -0.3 is 15.4 Å². The molecule has 1 amide bonds. The van der Waals surface area contributed by atoms with E-state index in [2.05, 4.69) is 37.6 Å². The van der Waals surface area contributed by atoms with Crippen molar-refractivity contribution in [2.75, 3.05) is 44.7 Å². The Balaban J connectivity index is 1.27. The van der Waals surface area contributed by atoms with Gasteiger partial charge in [0.1, 0.15) is 17.5 Å². The topological polar surface area (TPSA) is 103 Å². The molecule has 190 valence electrons. The lowest BCUT2D eigenvalue weighted by atomic mass is 9.80. The minimum absolute atomic E-state index is 0.0709. The Kier molecular flexibility index (Phi) is 7.78. The molecule has 1 aromatic heterocycles. The molecule has 8 nitrogen and oxygen atoms in total. The highest BCUT2D eigenvalue weighted by Gasteiger charge is 2.44. The molecule has 2 saturated carbocycles. The third-order valence-electron chi connectivity index (χ3n) is 8.16. The van der Waals surface area contributed by atoms with E-state index in [1.54, 1.807) is 0 Å². The summed E-state index contributed by atoms with van der Waals surface area (Å²) in [7, 11) is 0. The van der Waals surface area contributed by atoms with Gasteiger partial charge in [-0.2, -0.15) is 5.26 Å². The first-order valence-electron chi connectivity index (χ1n) is 13.3. The van der Waals surface area contributed by atoms with Gasteiger partial charge in [-0.3, -0.25) is 9.69 Å². The molecule has 3 fully saturated rings. The number of morpholine rings is 1. The fourth-order valence-corrected chi connectivity index (χ4v) is 5.53. The number of hydrogen-bond acceptors (Lipinski definition) is 7. The Morgan fingerprint density at radius 2 is 1.92 bits per heavy atom. The predicted molar refractivity (Wildman–Crippen MR) is 137 cm³/mol. The maximum absolute atomic E-state index is 13.5. The zero-order chi connectivity index (χ0) is 24.8. The number of rotatable bonds is 9. The highest BCUT2D eigenvalue weighted by atomic mass is 16.5. The van der Waals surface area contributed by atoms with Gasteiger partial charge in [-0.1, -0.05) is 30.3 Å². The van der Waals surface area contributed by atoms with Gasteiger partial charge in [-0.15, -0.1) is 0 Å². The summed E-state index contributed by atoms with van der Waals surface area (Å²) in [5.41, 5.74) is 2.10. The van der Waals surface area contributed by atoms with Crippen LogP contribution in [0.5, 0.6) is 0 Å². The average Bonchev–Trinajstić information content (AvgIpc) is 3.70. The standard InChI is InChI=1S/C28H36N6O2/c29-18-25-30-20-23(26(33-25)31-19-21-6-9-28(10-7-21)11-12-28)27(35)32-24(22-4-2-1-3-5-22)8-13-34-14-16-36-17-15-34/h1-5,20-21,24H,6-17,19H2,(H,32,35)(H,30,31,33). The van der Waals surface area contributed by atoms with Crippen LogP contribution in [0, 0.1) is 22.7 Å². The second kappa shape index (κ2) is 11.4. The lowest BCUT2D eigenvalue weighted by Crippen LogP contribution is -2.39. The maximum Gasteiger partial charge on any atom is 0.257 e. The van der Waals surface area contributed by atoms with Gasteiger partial charge in [0, 0.05) is 32.4 Å². The Hall–Kier alpha value is -3.02. The molecule has 1 atom stereocenters. The van der Waals surface area contributed by atoms with E-state index in [1.807, 2.05) is 24.3 Å². The Labute approximate surface area is 213 Å². The van der Waals surface area contributed by atoms with Crippen LogP contribution in [0.2, 0.25) is 0 Å². The van der Waals surface area contributed by atoms with E-state index in [0.717, 1.165) is 51.4 Å². The van der Waals surface area contributed by atoms with Gasteiger partial charge in [0.15, 0.2) is 0 Å². The molecule has 5 rings (SSSR count). The molecule has 8 heteroatoms. The van der Waals surface area contributed by atoms with Crippen LogP contribution < -0.4 is 10.6 Å². The van der Waals surface area contributed by atoms with E-state index < -0.39 is 0 Å². The van der Waals surface area contributed by atoms with Gasteiger partial charge in [0.25, 0.3) is 5.91 Å². The summed E-state index contributed by atoms with van der Waals surface area (Å²) in [6.07, 6.45) is 10.1. The minimum atomic E-state index is -0.224. The number of anilines is 1. The molecule has 1 unspecified atom stereocenters. The number of aromatic nitrogens is 2. The van der Waals surface area contributed by atoms with E-state index >= 15 is 0 Å². The highest BCUT2D eigenvalue weighted by Crippen LogP contribution is 2.57. The van der Waals surface area contributed by atoms with Crippen molar-refractivity contribution in [1.82, 2.24) is 20.2 Å². The first-order valence-corrected chi connectivity index (χ1v) is 13.3. The lowest BCUT2D eigenvalue weighted by molar-refractivity contribution is 0.0360. The van der Waals surface area contributed by atoms with Crippen LogP contribution in [0.25, 0.3) is 0 Å². The number of nitrogens with zero attached hydrogens (tertiary/aromatic N) is 4. The van der Waals surface area contributed by atoms with E-state index in [4.69, 9.17) is 4.74 Å². The second-order valence-corrected chi connectivity index (χ2v) is 10.6. The van der Waals surface area contributed by atoms with Crippen LogP contribution in [0.3, 0.4) is 0 Å². The van der Waals surface area contributed by atoms with Gasteiger partial charge in [0.05, 0.1) is 19.3 Å². The highest BCUT2D eigenvalue weighted by molar-refractivity contribution is 5.98. The van der Waals surface area contributed by atoms with Crippen molar-refractivity contribution in [2.45, 2.75) is 51.0 Å². The monoisotopic (exact) mass is 488 g/mol. The first-order chi connectivity index (χ1) is 17.6. The minimum Gasteiger partial charge on any atom is -0.379 e. The number of amides is 1. The lowest BCUT2D eigenvalue weighted by Gasteiger charge is -2.29. The number of ether oxygens (including phenoxy) is 1. The molecule has 1 spiro atoms. The van der Waals surface area contributed by atoms with E-state index in [-0.39, 0.29) is 17.8 Å². The summed E-state index contributed by atoms with van der Waals surface area (Å²) in [6, 6.07) is 11.9. The van der Waals surface area contributed by atoms with E-state index in [1.165, 1.54) is 44.7 Å². The number of carbonyl (C=O) groups excluding carboxylic acids is 1. The smallest absolute Gasteiger partial charge is 0.257 e. The van der Waals surface area contributed by atoms with Crippen molar-refractivity contribution in [2.24, 2.45) is 11.3 Å². The Morgan fingerprint density at radius 3 is 2.61 bits per heavy atom. The van der Waals surface area contributed by atoms with Crippen LogP contribution in [0.1, 0.15) is 72.7 Å². The number of nitrogens with one attached hydrogen (secondary N) is 2. The summed E-state index contributed by atoms with van der Waals surface area (Å²) in [5, 5.41) is 16.0. The van der Waals surface area contributed by atoms with E-state index in [0.29, 0.717) is 22.7 Å². The van der Waals surface area contributed by atoms with Crippen molar-refractivity contribution >= 4 is 11.7 Å². The summed E-state index contributed by atoms with van der Waals surface area (Å²) in [6.45, 7) is 4.97. The SMILES string of the molecule is N#Cc1ncc(C(=O)NC(CCN2CCOCC2)c2ccccc2)c(NCC2CCC3(CC2)CC3)n1. The van der Waals surface area contributed by atoms with E-state index in [9.17, 15) is 10.1 Å². The molecule has 1 aromatic carbocycles. The normalized spacial score (nSPS) is 20.4. The van der Waals surface area contributed by atoms with Crippen LogP contribution in [-0.2, 0) is 4.74 Å². The van der Waals surface area contributed by atoms with Crippen molar-refractivity contribution in [3.8, 4) is 6.07 Å². The zero-order valence-corrected chi connectivity index (χ0v) is 20.9. The Bertz CT molecular complexity index is 1070. The first kappa shape index (κ1) is 24.7. The molecule has 0 radical (unpaired) electrons. The number of hydrogen-bond donors (Lipinski definition) is 2. The molecule has 1 saturated heterocycles. The van der Waals surface area contributed by atoms with Gasteiger partial charge >= 0.3 is 0 Å². The van der Waals surface area contributed by atoms with Crippen LogP contribution in [0.4, 0.5) is 5.82 Å².